The number of carbonyl (C=O) groups is 2. The van der Waals surface area contributed by atoms with Gasteiger partial charge in [-0.15, -0.1) is 0 Å². The quantitative estimate of drug-likeness (QED) is 0.817. The molecule has 2 rings (SSSR count). The molecule has 0 spiro atoms. The molecule has 122 valence electrons. The summed E-state index contributed by atoms with van der Waals surface area (Å²) in [5.74, 6) is -1.46. The third-order valence-electron chi connectivity index (χ3n) is 2.77. The van der Waals surface area contributed by atoms with E-state index in [0.717, 1.165) is 0 Å². The summed E-state index contributed by atoms with van der Waals surface area (Å²) < 4.78 is 34.0. The number of nitrogens with one attached hydrogen (secondary N) is 1. The van der Waals surface area contributed by atoms with Crippen molar-refractivity contribution < 1.29 is 27.8 Å². The van der Waals surface area contributed by atoms with Gasteiger partial charge in [-0.25, -0.2) is 4.79 Å². The van der Waals surface area contributed by atoms with Crippen LogP contribution in [0.3, 0.4) is 0 Å². The second-order valence-electron chi connectivity index (χ2n) is 4.42. The molecule has 1 N–H and O–H groups in total. The normalized spacial score (nSPS) is 11.8. The smallest absolute Gasteiger partial charge is 0.387 e. The van der Waals surface area contributed by atoms with Gasteiger partial charge in [-0.2, -0.15) is 20.1 Å². The highest BCUT2D eigenvalue weighted by atomic mass is 32.1. The zero-order valence-corrected chi connectivity index (χ0v) is 12.8. The molecule has 1 unspecified atom stereocenters. The van der Waals surface area contributed by atoms with Crippen molar-refractivity contribution in [1.82, 2.24) is 0 Å². The van der Waals surface area contributed by atoms with Gasteiger partial charge in [-0.05, 0) is 30.5 Å². The molecule has 23 heavy (non-hydrogen) atoms. The Morgan fingerprint density at radius 1 is 1.22 bits per heavy atom. The summed E-state index contributed by atoms with van der Waals surface area (Å²) >= 11 is 1.32. The van der Waals surface area contributed by atoms with Gasteiger partial charge in [-0.1, -0.05) is 12.1 Å². The Bertz CT molecular complexity index is 676. The van der Waals surface area contributed by atoms with Gasteiger partial charge < -0.3 is 14.8 Å². The van der Waals surface area contributed by atoms with Crippen LogP contribution >= 0.6 is 11.3 Å². The lowest BCUT2D eigenvalue weighted by Crippen LogP contribution is -2.30. The first kappa shape index (κ1) is 16.9. The van der Waals surface area contributed by atoms with Crippen molar-refractivity contribution >= 4 is 28.9 Å². The number of benzene rings is 1. The second-order valence-corrected chi connectivity index (χ2v) is 5.20. The first-order valence-electron chi connectivity index (χ1n) is 6.55. The summed E-state index contributed by atoms with van der Waals surface area (Å²) in [6.45, 7) is -1.63. The molecule has 8 heteroatoms. The molecule has 1 aromatic heterocycles. The van der Waals surface area contributed by atoms with Crippen LogP contribution in [0.2, 0.25) is 0 Å². The number of halogens is 2. The van der Waals surface area contributed by atoms with Crippen molar-refractivity contribution in [2.24, 2.45) is 0 Å². The Morgan fingerprint density at radius 3 is 2.61 bits per heavy atom. The first-order valence-corrected chi connectivity index (χ1v) is 7.49. The number of alkyl halides is 2. The molecule has 0 aliphatic carbocycles. The van der Waals surface area contributed by atoms with Crippen LogP contribution in [0, 0.1) is 0 Å². The van der Waals surface area contributed by atoms with Crippen molar-refractivity contribution in [3.05, 3.63) is 46.7 Å². The molecule has 1 heterocycles. The van der Waals surface area contributed by atoms with E-state index in [1.54, 1.807) is 22.9 Å². The largest absolute Gasteiger partial charge is 0.449 e. The van der Waals surface area contributed by atoms with Gasteiger partial charge in [0, 0.05) is 5.38 Å². The van der Waals surface area contributed by atoms with Crippen molar-refractivity contribution in [1.29, 1.82) is 0 Å². The van der Waals surface area contributed by atoms with E-state index in [-0.39, 0.29) is 11.4 Å². The molecular weight excluding hydrogens is 328 g/mol. The zero-order chi connectivity index (χ0) is 16.8. The van der Waals surface area contributed by atoms with Gasteiger partial charge in [0.1, 0.15) is 5.75 Å². The number of hydrogen-bond donors (Lipinski definition) is 1. The maximum atomic E-state index is 12.3. The van der Waals surface area contributed by atoms with Gasteiger partial charge in [0.15, 0.2) is 6.10 Å². The van der Waals surface area contributed by atoms with E-state index in [1.165, 1.54) is 36.5 Å². The molecule has 0 bridgehead atoms. The van der Waals surface area contributed by atoms with Gasteiger partial charge in [0.05, 0.1) is 11.3 Å². The summed E-state index contributed by atoms with van der Waals surface area (Å²) in [5.41, 5.74) is 0.410. The molecule has 1 amide bonds. The average molecular weight is 341 g/mol. The Balaban J connectivity index is 2.00. The minimum absolute atomic E-state index is 0.0660. The minimum atomic E-state index is -3.01. The Labute approximate surface area is 134 Å². The van der Waals surface area contributed by atoms with Gasteiger partial charge in [0.2, 0.25) is 0 Å². The molecule has 0 saturated carbocycles. The van der Waals surface area contributed by atoms with Crippen molar-refractivity contribution in [3.63, 3.8) is 0 Å². The summed E-state index contributed by atoms with van der Waals surface area (Å²) in [4.78, 5) is 23.8. The number of rotatable bonds is 6. The lowest BCUT2D eigenvalue weighted by molar-refractivity contribution is -0.123. The van der Waals surface area contributed by atoms with Gasteiger partial charge in [-0.3, -0.25) is 4.79 Å². The number of hydrogen-bond acceptors (Lipinski definition) is 5. The molecule has 0 radical (unpaired) electrons. The SMILES string of the molecule is CC(OC(=O)c1ccsc1)C(=O)Nc1ccccc1OC(F)F. The maximum Gasteiger partial charge on any atom is 0.387 e. The Hall–Kier alpha value is -2.48. The third-order valence-corrected chi connectivity index (χ3v) is 3.45. The van der Waals surface area contributed by atoms with E-state index in [2.05, 4.69) is 10.1 Å². The van der Waals surface area contributed by atoms with Crippen molar-refractivity contribution in [2.45, 2.75) is 19.6 Å². The van der Waals surface area contributed by atoms with Crippen LogP contribution in [0.4, 0.5) is 14.5 Å². The molecule has 0 aliphatic rings. The van der Waals surface area contributed by atoms with Gasteiger partial charge in [0.25, 0.3) is 5.91 Å². The molecule has 2 aromatic rings. The second kappa shape index (κ2) is 7.68. The lowest BCUT2D eigenvalue weighted by atomic mass is 10.2. The number of esters is 1. The molecular formula is C15H13F2NO4S. The summed E-state index contributed by atoms with van der Waals surface area (Å²) in [5, 5.41) is 5.70. The van der Waals surface area contributed by atoms with Crippen LogP contribution in [0.25, 0.3) is 0 Å². The number of para-hydroxylation sites is 2. The first-order chi connectivity index (χ1) is 11.0. The summed E-state index contributed by atoms with van der Waals surface area (Å²) in [6.07, 6.45) is -1.10. The van der Waals surface area contributed by atoms with Gasteiger partial charge >= 0.3 is 12.6 Å². The van der Waals surface area contributed by atoms with Crippen LogP contribution in [-0.4, -0.2) is 24.6 Å². The van der Waals surface area contributed by atoms with E-state index < -0.39 is 24.6 Å². The van der Waals surface area contributed by atoms with E-state index >= 15 is 0 Å². The Kier molecular flexibility index (Phi) is 5.64. The van der Waals surface area contributed by atoms with E-state index in [0.29, 0.717) is 5.56 Å². The van der Waals surface area contributed by atoms with E-state index in [1.807, 2.05) is 0 Å². The zero-order valence-electron chi connectivity index (χ0n) is 12.0. The topological polar surface area (TPSA) is 64.6 Å². The minimum Gasteiger partial charge on any atom is -0.449 e. The number of carbonyl (C=O) groups excluding carboxylic acids is 2. The van der Waals surface area contributed by atoms with Crippen molar-refractivity contribution in [2.75, 3.05) is 5.32 Å². The predicted molar refractivity (Wildman–Crippen MR) is 80.9 cm³/mol. The highest BCUT2D eigenvalue weighted by molar-refractivity contribution is 7.08. The standard InChI is InChI=1S/C15H13F2NO4S/c1-9(21-14(20)10-6-7-23-8-10)13(19)18-11-4-2-3-5-12(11)22-15(16)17/h2-9,15H,1H3,(H,18,19). The number of ether oxygens (including phenoxy) is 2. The molecule has 0 fully saturated rings. The molecule has 5 nitrogen and oxygen atoms in total. The number of thiophene rings is 1. The predicted octanol–water partition coefficient (Wildman–Crippen LogP) is 3.53. The molecule has 0 aliphatic heterocycles. The average Bonchev–Trinajstić information content (AvgIpc) is 3.03. The number of anilines is 1. The molecule has 1 atom stereocenters. The maximum absolute atomic E-state index is 12.3. The van der Waals surface area contributed by atoms with Crippen molar-refractivity contribution in [3.8, 4) is 5.75 Å². The number of amides is 1. The monoisotopic (exact) mass is 341 g/mol. The molecule has 0 saturated heterocycles. The third kappa shape index (κ3) is 4.75. The lowest BCUT2D eigenvalue weighted by Gasteiger charge is -2.15. The highest BCUT2D eigenvalue weighted by Crippen LogP contribution is 2.25. The molecule has 1 aromatic carbocycles. The fraction of sp³-hybridized carbons (Fsp3) is 0.200. The van der Waals surface area contributed by atoms with E-state index in [4.69, 9.17) is 4.74 Å². The summed E-state index contributed by atoms with van der Waals surface area (Å²) in [7, 11) is 0. The van der Waals surface area contributed by atoms with Crippen LogP contribution in [-0.2, 0) is 9.53 Å². The van der Waals surface area contributed by atoms with E-state index in [9.17, 15) is 18.4 Å². The van der Waals surface area contributed by atoms with Crippen LogP contribution in [0.1, 0.15) is 17.3 Å². The fourth-order valence-electron chi connectivity index (χ4n) is 1.67. The highest BCUT2D eigenvalue weighted by Gasteiger charge is 2.20. The van der Waals surface area contributed by atoms with Crippen LogP contribution in [0.5, 0.6) is 5.75 Å². The Morgan fingerprint density at radius 2 is 1.96 bits per heavy atom. The van der Waals surface area contributed by atoms with Crippen LogP contribution < -0.4 is 10.1 Å². The summed E-state index contributed by atoms with van der Waals surface area (Å²) in [6, 6.07) is 7.32. The van der Waals surface area contributed by atoms with Crippen LogP contribution in [0.15, 0.2) is 41.1 Å². The fourth-order valence-corrected chi connectivity index (χ4v) is 2.29.